The Morgan fingerprint density at radius 2 is 1.81 bits per heavy atom. The fourth-order valence-electron chi connectivity index (χ4n) is 2.33. The highest BCUT2D eigenvalue weighted by Crippen LogP contribution is 2.33. The molecule has 0 fully saturated rings. The largest absolute Gasteiger partial charge is 0.494 e. The minimum absolute atomic E-state index is 0.0120. The molecule has 0 bridgehead atoms. The maximum atomic E-state index is 10.9. The molecule has 0 aliphatic heterocycles. The first-order valence-corrected chi connectivity index (χ1v) is 9.50. The van der Waals surface area contributed by atoms with E-state index in [4.69, 9.17) is 15.0 Å². The Kier molecular flexibility index (Phi) is 6.73. The number of H-pyrrole nitrogens is 1. The summed E-state index contributed by atoms with van der Waals surface area (Å²) in [6, 6.07) is 8.96. The number of nitro benzene ring substituents is 2. The van der Waals surface area contributed by atoms with Crippen molar-refractivity contribution in [3.63, 3.8) is 0 Å². The normalized spacial score (nSPS) is 10.6. The monoisotopic (exact) mass is 453 g/mol. The van der Waals surface area contributed by atoms with Crippen molar-refractivity contribution < 1.29 is 27.6 Å². The zero-order valence-electron chi connectivity index (χ0n) is 15.7. The van der Waals surface area contributed by atoms with Crippen molar-refractivity contribution in [1.82, 2.24) is 9.78 Å². The number of aromatic nitrogens is 2. The zero-order chi connectivity index (χ0) is 23.3. The third kappa shape index (κ3) is 5.64. The molecule has 1 heterocycles. The van der Waals surface area contributed by atoms with E-state index >= 15 is 0 Å². The van der Waals surface area contributed by atoms with Gasteiger partial charge in [-0.3, -0.25) is 39.4 Å². The smallest absolute Gasteiger partial charge is 0.301 e. The number of methoxy groups -OCH3 is 1. The Bertz CT molecular complexity index is 1300. The molecule has 15 heteroatoms. The van der Waals surface area contributed by atoms with Gasteiger partial charge in [-0.25, -0.2) is 0 Å². The van der Waals surface area contributed by atoms with Gasteiger partial charge in [0.05, 0.1) is 34.4 Å². The SMILES string of the molecule is COc1cc([N+](=O)[O-])c(S(=O)(=O)O)cc1N.O=c1ccn(-c2cccc([N+](=O)[O-])c2)[nH]1. The number of hydrogen-bond acceptors (Lipinski definition) is 9. The lowest BCUT2D eigenvalue weighted by Gasteiger charge is -2.06. The van der Waals surface area contributed by atoms with E-state index in [2.05, 4.69) is 5.10 Å². The number of nitrogens with two attached hydrogens (primary N) is 1. The van der Waals surface area contributed by atoms with Gasteiger partial charge in [0.2, 0.25) is 0 Å². The number of nitro groups is 2. The lowest BCUT2D eigenvalue weighted by molar-refractivity contribution is -0.388. The molecule has 2 aromatic carbocycles. The number of benzene rings is 2. The van der Waals surface area contributed by atoms with Crippen LogP contribution in [0.3, 0.4) is 0 Å². The molecule has 0 aliphatic carbocycles. The van der Waals surface area contributed by atoms with Gasteiger partial charge in [-0.2, -0.15) is 8.42 Å². The molecular formula is C16H15N5O9S. The number of non-ortho nitro benzene ring substituents is 1. The van der Waals surface area contributed by atoms with Gasteiger partial charge in [0, 0.05) is 24.4 Å². The van der Waals surface area contributed by atoms with Crippen molar-refractivity contribution in [2.24, 2.45) is 0 Å². The van der Waals surface area contributed by atoms with Crippen LogP contribution in [0.25, 0.3) is 5.69 Å². The Morgan fingerprint density at radius 1 is 1.13 bits per heavy atom. The van der Waals surface area contributed by atoms with Gasteiger partial charge in [-0.05, 0) is 12.1 Å². The average Bonchev–Trinajstić information content (AvgIpc) is 3.14. The first-order valence-electron chi connectivity index (χ1n) is 8.06. The van der Waals surface area contributed by atoms with Crippen molar-refractivity contribution >= 4 is 27.2 Å². The number of nitrogens with zero attached hydrogens (tertiary/aromatic N) is 3. The molecule has 3 aromatic rings. The summed E-state index contributed by atoms with van der Waals surface area (Å²) in [5.41, 5.74) is 4.74. The van der Waals surface area contributed by atoms with E-state index in [0.29, 0.717) is 5.69 Å². The van der Waals surface area contributed by atoms with E-state index in [0.717, 1.165) is 12.1 Å². The maximum absolute atomic E-state index is 10.9. The highest BCUT2D eigenvalue weighted by molar-refractivity contribution is 7.86. The molecule has 164 valence electrons. The summed E-state index contributed by atoms with van der Waals surface area (Å²) >= 11 is 0. The van der Waals surface area contributed by atoms with E-state index in [9.17, 15) is 33.4 Å². The third-order valence-electron chi connectivity index (χ3n) is 3.71. The van der Waals surface area contributed by atoms with Gasteiger partial charge in [-0.1, -0.05) is 6.07 Å². The summed E-state index contributed by atoms with van der Waals surface area (Å²) in [6.07, 6.45) is 1.52. The lowest BCUT2D eigenvalue weighted by Crippen LogP contribution is -2.05. The lowest BCUT2D eigenvalue weighted by atomic mass is 10.2. The molecule has 31 heavy (non-hydrogen) atoms. The summed E-state index contributed by atoms with van der Waals surface area (Å²) in [6.45, 7) is 0. The minimum atomic E-state index is -4.70. The number of anilines is 1. The van der Waals surface area contributed by atoms with Crippen LogP contribution in [0.2, 0.25) is 0 Å². The van der Waals surface area contributed by atoms with Crippen LogP contribution in [0.4, 0.5) is 17.1 Å². The van der Waals surface area contributed by atoms with Crippen LogP contribution in [0, 0.1) is 20.2 Å². The quantitative estimate of drug-likeness (QED) is 0.219. The number of aromatic amines is 1. The molecule has 0 amide bonds. The number of rotatable bonds is 5. The predicted octanol–water partition coefficient (Wildman–Crippen LogP) is 1.51. The fraction of sp³-hybridized carbons (Fsp3) is 0.0625. The summed E-state index contributed by atoms with van der Waals surface area (Å²) < 4.78 is 36.6. The molecule has 0 spiro atoms. The molecule has 0 aliphatic rings. The van der Waals surface area contributed by atoms with E-state index in [1.165, 1.54) is 36.2 Å². The van der Waals surface area contributed by atoms with Gasteiger partial charge < -0.3 is 10.5 Å². The number of hydrogen-bond donors (Lipinski definition) is 3. The van der Waals surface area contributed by atoms with Gasteiger partial charge in [0.1, 0.15) is 5.75 Å². The Labute approximate surface area is 173 Å². The second kappa shape index (κ2) is 9.06. The van der Waals surface area contributed by atoms with Crippen LogP contribution < -0.4 is 16.0 Å². The van der Waals surface area contributed by atoms with Crippen LogP contribution >= 0.6 is 0 Å². The summed E-state index contributed by atoms with van der Waals surface area (Å²) in [5.74, 6) is -0.0425. The molecular weight excluding hydrogens is 438 g/mol. The van der Waals surface area contributed by atoms with Crippen molar-refractivity contribution in [3.8, 4) is 11.4 Å². The standard InChI is InChI=1S/C9H7N3O3.C7H8N2O6S/c13-9-4-5-11(10-9)7-2-1-3-8(6-7)12(14)15;1-15-6-3-5(9(10)11)7(2-4(6)8)16(12,13)14/h1-6H,(H,10,13);2-3H,8H2,1H3,(H,12,13,14). The van der Waals surface area contributed by atoms with Crippen LogP contribution in [0.15, 0.2) is 58.4 Å². The molecule has 3 rings (SSSR count). The Hall–Kier alpha value is -4.24. The maximum Gasteiger partial charge on any atom is 0.301 e. The first-order chi connectivity index (χ1) is 14.4. The molecule has 0 saturated carbocycles. The number of ether oxygens (including phenoxy) is 1. The summed E-state index contributed by atoms with van der Waals surface area (Å²) in [4.78, 5) is 29.7. The van der Waals surface area contributed by atoms with Crippen LogP contribution in [-0.2, 0) is 10.1 Å². The van der Waals surface area contributed by atoms with E-state index < -0.39 is 30.5 Å². The molecule has 0 unspecified atom stereocenters. The van der Waals surface area contributed by atoms with Crippen molar-refractivity contribution in [3.05, 3.63) is 79.2 Å². The minimum Gasteiger partial charge on any atom is -0.494 e. The van der Waals surface area contributed by atoms with Gasteiger partial charge >= 0.3 is 10.1 Å². The highest BCUT2D eigenvalue weighted by atomic mass is 32.2. The molecule has 0 atom stereocenters. The van der Waals surface area contributed by atoms with E-state index in [1.807, 2.05) is 0 Å². The summed E-state index contributed by atoms with van der Waals surface area (Å²) in [5, 5.41) is 23.6. The molecule has 0 saturated heterocycles. The Balaban J connectivity index is 0.000000220. The number of nitrogen functional groups attached to an aromatic ring is 1. The highest BCUT2D eigenvalue weighted by Gasteiger charge is 2.26. The van der Waals surface area contributed by atoms with Crippen LogP contribution in [0.5, 0.6) is 5.75 Å². The average molecular weight is 453 g/mol. The van der Waals surface area contributed by atoms with Crippen molar-refractivity contribution in [1.29, 1.82) is 0 Å². The van der Waals surface area contributed by atoms with Gasteiger partial charge in [0.25, 0.3) is 16.9 Å². The molecule has 0 radical (unpaired) electrons. The third-order valence-corrected chi connectivity index (χ3v) is 4.59. The number of nitrogens with one attached hydrogen (secondary N) is 1. The first kappa shape index (κ1) is 23.0. The Morgan fingerprint density at radius 3 is 2.29 bits per heavy atom. The van der Waals surface area contributed by atoms with Crippen LogP contribution in [0.1, 0.15) is 0 Å². The molecule has 1 aromatic heterocycles. The predicted molar refractivity (Wildman–Crippen MR) is 107 cm³/mol. The van der Waals surface area contributed by atoms with E-state index in [1.54, 1.807) is 12.1 Å². The topological polar surface area (TPSA) is 214 Å². The molecule has 4 N–H and O–H groups in total. The van der Waals surface area contributed by atoms with Crippen LogP contribution in [-0.4, -0.2) is 39.7 Å². The van der Waals surface area contributed by atoms with Crippen molar-refractivity contribution in [2.45, 2.75) is 4.90 Å². The fourth-order valence-corrected chi connectivity index (χ4v) is 3.01. The summed E-state index contributed by atoms with van der Waals surface area (Å²) in [7, 11) is -3.48. The van der Waals surface area contributed by atoms with Gasteiger partial charge in [0.15, 0.2) is 4.90 Å². The zero-order valence-corrected chi connectivity index (χ0v) is 16.5. The second-order valence-electron chi connectivity index (χ2n) is 5.73. The van der Waals surface area contributed by atoms with Gasteiger partial charge in [-0.15, -0.1) is 0 Å². The van der Waals surface area contributed by atoms with Crippen molar-refractivity contribution in [2.75, 3.05) is 12.8 Å². The van der Waals surface area contributed by atoms with E-state index in [-0.39, 0.29) is 22.7 Å². The second-order valence-corrected chi connectivity index (χ2v) is 7.12. The molecule has 14 nitrogen and oxygen atoms in total.